The predicted molar refractivity (Wildman–Crippen MR) is 136 cm³/mol. The van der Waals surface area contributed by atoms with Crippen molar-refractivity contribution < 1.29 is 41.5 Å². The zero-order chi connectivity index (χ0) is 31.6. The molecule has 40 heavy (non-hydrogen) atoms. The van der Waals surface area contributed by atoms with E-state index in [2.05, 4.69) is 23.9 Å². The molecule has 222 valence electrons. The summed E-state index contributed by atoms with van der Waals surface area (Å²) < 4.78 is 45.7. The van der Waals surface area contributed by atoms with Crippen LogP contribution in [-0.2, 0) is 24.0 Å². The van der Waals surface area contributed by atoms with Crippen molar-refractivity contribution in [2.24, 2.45) is 23.0 Å². The highest BCUT2D eigenvalue weighted by Crippen LogP contribution is 2.32. The van der Waals surface area contributed by atoms with Gasteiger partial charge in [0.25, 0.3) is 11.8 Å². The Hall–Kier alpha value is -3.94. The van der Waals surface area contributed by atoms with Gasteiger partial charge in [0.15, 0.2) is 6.17 Å². The normalized spacial score (nSPS) is 21.4. The highest BCUT2D eigenvalue weighted by molar-refractivity contribution is 6.09. The second-order valence-corrected chi connectivity index (χ2v) is 10.7. The number of hydrogen-bond acceptors (Lipinski definition) is 6. The number of primary amides is 1. The number of nitriles is 1. The minimum absolute atomic E-state index is 0.0777. The number of nitrogens with one attached hydrogen (secondary N) is 2. The molecule has 14 heteroatoms. The van der Waals surface area contributed by atoms with Crippen LogP contribution in [0.3, 0.4) is 0 Å². The van der Waals surface area contributed by atoms with Gasteiger partial charge in [-0.3, -0.25) is 29.3 Å². The van der Waals surface area contributed by atoms with Gasteiger partial charge < -0.3 is 16.0 Å². The molecule has 1 saturated heterocycles. The van der Waals surface area contributed by atoms with Crippen LogP contribution in [-0.4, -0.2) is 65.4 Å². The van der Waals surface area contributed by atoms with E-state index in [1.54, 1.807) is 4.90 Å². The van der Waals surface area contributed by atoms with Crippen LogP contribution in [0.4, 0.5) is 17.6 Å². The Morgan fingerprint density at radius 3 is 2.17 bits per heavy atom. The van der Waals surface area contributed by atoms with Gasteiger partial charge in [-0.1, -0.05) is 34.6 Å². The smallest absolute Gasteiger partial charge is 0.362 e. The maximum atomic E-state index is 13.6. The van der Waals surface area contributed by atoms with Gasteiger partial charge in [0.2, 0.25) is 11.8 Å². The molecule has 1 fully saturated rings. The van der Waals surface area contributed by atoms with Crippen molar-refractivity contribution in [1.82, 2.24) is 15.5 Å². The van der Waals surface area contributed by atoms with E-state index in [4.69, 9.17) is 4.79 Å². The summed E-state index contributed by atoms with van der Waals surface area (Å²) in [4.78, 5) is 59.7. The molecule has 0 aromatic rings. The van der Waals surface area contributed by atoms with Crippen LogP contribution >= 0.6 is 0 Å². The first kappa shape index (κ1) is 36.1. The van der Waals surface area contributed by atoms with Crippen molar-refractivity contribution in [3.8, 4) is 18.9 Å². The molecule has 0 spiro atoms. The first-order chi connectivity index (χ1) is 18.3. The molecule has 0 aliphatic carbocycles. The van der Waals surface area contributed by atoms with E-state index in [0.29, 0.717) is 19.4 Å². The fraction of sp³-hybridized carbons (Fsp3) is 0.615. The molecule has 4 atom stereocenters. The number of nitrogens with zero attached hydrogens (tertiary/aromatic N) is 2. The molecule has 0 aromatic carbocycles. The molecular weight excluding hydrogens is 538 g/mol. The molecule has 2 rings (SSSR count). The van der Waals surface area contributed by atoms with E-state index in [-0.39, 0.29) is 35.2 Å². The van der Waals surface area contributed by atoms with Crippen molar-refractivity contribution in [3.05, 3.63) is 11.6 Å². The average Bonchev–Trinajstić information content (AvgIpc) is 3.28. The van der Waals surface area contributed by atoms with E-state index < -0.39 is 48.1 Å². The number of halogens is 4. The third kappa shape index (κ3) is 11.4. The van der Waals surface area contributed by atoms with Crippen LogP contribution in [0, 0.1) is 41.4 Å². The molecule has 10 nitrogen and oxygen atoms in total. The van der Waals surface area contributed by atoms with Gasteiger partial charge >= 0.3 is 12.1 Å². The van der Waals surface area contributed by atoms with Crippen LogP contribution in [0.2, 0.25) is 0 Å². The molecule has 2 aliphatic heterocycles. The summed E-state index contributed by atoms with van der Waals surface area (Å²) in [6.45, 7) is 10.4. The monoisotopic (exact) mass is 573 g/mol. The number of hydrogen-bond donors (Lipinski definition) is 3. The maximum Gasteiger partial charge on any atom is 0.470 e. The van der Waals surface area contributed by atoms with Crippen LogP contribution in [0.25, 0.3) is 0 Å². The number of terminal acetylenes is 1. The van der Waals surface area contributed by atoms with Crippen LogP contribution in [0.15, 0.2) is 11.6 Å². The molecule has 0 aromatic heterocycles. The quantitative estimate of drug-likeness (QED) is 0.250. The fourth-order valence-electron chi connectivity index (χ4n) is 3.80. The minimum Gasteiger partial charge on any atom is -0.362 e. The lowest BCUT2D eigenvalue weighted by Gasteiger charge is -2.28. The van der Waals surface area contributed by atoms with E-state index in [1.165, 1.54) is 0 Å². The summed E-state index contributed by atoms with van der Waals surface area (Å²) in [5.74, 6) is -4.23. The minimum atomic E-state index is -4.86. The SMILES string of the molecule is C#C.CC(C)[C@@H]1C[C@@H](C(=O)NC(C#N)CC2=CC(F)C(=O)NC2=O)N(C(=O)CC(C)(C)C)C1.NC(=O)C(F)(F)F. The lowest BCUT2D eigenvalue weighted by Crippen LogP contribution is -2.49. The van der Waals surface area contributed by atoms with Crippen molar-refractivity contribution in [2.75, 3.05) is 6.54 Å². The van der Waals surface area contributed by atoms with Gasteiger partial charge in [-0.15, -0.1) is 12.8 Å². The van der Waals surface area contributed by atoms with Gasteiger partial charge in [0, 0.05) is 25.0 Å². The third-order valence-corrected chi connectivity index (χ3v) is 5.88. The van der Waals surface area contributed by atoms with Gasteiger partial charge in [-0.2, -0.15) is 18.4 Å². The average molecular weight is 574 g/mol. The van der Waals surface area contributed by atoms with E-state index in [9.17, 15) is 42.0 Å². The van der Waals surface area contributed by atoms with E-state index in [1.807, 2.05) is 46.0 Å². The van der Waals surface area contributed by atoms with Gasteiger partial charge in [0.1, 0.15) is 12.1 Å². The van der Waals surface area contributed by atoms with E-state index >= 15 is 0 Å². The van der Waals surface area contributed by atoms with Crippen molar-refractivity contribution in [3.63, 3.8) is 0 Å². The third-order valence-electron chi connectivity index (χ3n) is 5.88. The summed E-state index contributed by atoms with van der Waals surface area (Å²) in [6, 6.07) is 0.102. The number of amides is 5. The predicted octanol–water partition coefficient (Wildman–Crippen LogP) is 1.90. The van der Waals surface area contributed by atoms with Crippen LogP contribution in [0.1, 0.15) is 53.9 Å². The summed E-state index contributed by atoms with van der Waals surface area (Å²) in [6.07, 6.45) is 2.57. The Bertz CT molecular complexity index is 1060. The Kier molecular flexibility index (Phi) is 13.5. The van der Waals surface area contributed by atoms with Crippen LogP contribution in [0.5, 0.6) is 0 Å². The van der Waals surface area contributed by atoms with Crippen molar-refractivity contribution in [1.29, 1.82) is 5.26 Å². The highest BCUT2D eigenvalue weighted by atomic mass is 19.4. The molecule has 0 saturated carbocycles. The maximum absolute atomic E-state index is 13.6. The van der Waals surface area contributed by atoms with Gasteiger partial charge in [-0.05, 0) is 29.7 Å². The number of likely N-dealkylation sites (tertiary alicyclic amines) is 1. The zero-order valence-electron chi connectivity index (χ0n) is 23.0. The lowest BCUT2D eigenvalue weighted by molar-refractivity contribution is -0.169. The second-order valence-electron chi connectivity index (χ2n) is 10.7. The first-order valence-corrected chi connectivity index (χ1v) is 12.2. The number of carbonyl (C=O) groups is 5. The number of carbonyl (C=O) groups excluding carboxylic acids is 5. The Morgan fingerprint density at radius 1 is 1.23 bits per heavy atom. The number of nitrogens with two attached hydrogens (primary N) is 1. The van der Waals surface area contributed by atoms with Crippen molar-refractivity contribution in [2.45, 2.75) is 78.3 Å². The molecule has 2 aliphatic rings. The fourth-order valence-corrected chi connectivity index (χ4v) is 3.80. The standard InChI is InChI=1S/C22H31FN4O4.C2H2F3NO.C2H2/c1-12(2)14-8-17(27(11-14)18(28)9-22(3,4)5)21(31)25-15(10-24)6-13-7-16(23)20(30)26-19(13)29;3-2(4,5)1(6)7;1-2/h7,12,14-17H,6,8-9,11H2,1-5H3,(H,25,31)(H,26,29,30);(H2,6,7);1-2H/t14-,15?,16?,17+;;/m1../s1. The second kappa shape index (κ2) is 15.0. The number of imide groups is 1. The molecule has 0 radical (unpaired) electrons. The van der Waals surface area contributed by atoms with Crippen molar-refractivity contribution >= 4 is 29.5 Å². The van der Waals surface area contributed by atoms with E-state index in [0.717, 1.165) is 6.08 Å². The topological polar surface area (TPSA) is 162 Å². The van der Waals surface area contributed by atoms with Gasteiger partial charge in [0.05, 0.1) is 6.07 Å². The molecule has 4 N–H and O–H groups in total. The Morgan fingerprint density at radius 2 is 1.75 bits per heavy atom. The largest absolute Gasteiger partial charge is 0.470 e. The molecule has 2 unspecified atom stereocenters. The zero-order valence-corrected chi connectivity index (χ0v) is 23.0. The molecule has 2 heterocycles. The first-order valence-electron chi connectivity index (χ1n) is 12.2. The van der Waals surface area contributed by atoms with Gasteiger partial charge in [-0.25, -0.2) is 4.39 Å². The summed E-state index contributed by atoms with van der Waals surface area (Å²) in [5, 5.41) is 13.9. The highest BCUT2D eigenvalue weighted by Gasteiger charge is 2.42. The Labute approximate surface area is 230 Å². The number of rotatable bonds is 6. The molecule has 0 bridgehead atoms. The number of alkyl halides is 4. The Balaban J connectivity index is 0.00000147. The molecular formula is C26H35F4N5O5. The van der Waals surface area contributed by atoms with Crippen LogP contribution < -0.4 is 16.4 Å². The summed E-state index contributed by atoms with van der Waals surface area (Å²) in [5.41, 5.74) is 3.50. The molecule has 5 amide bonds. The summed E-state index contributed by atoms with van der Waals surface area (Å²) in [7, 11) is 0. The lowest BCUT2D eigenvalue weighted by atomic mass is 9.91. The summed E-state index contributed by atoms with van der Waals surface area (Å²) >= 11 is 0.